The molecule has 2 aliphatic heterocycles. The van der Waals surface area contributed by atoms with Crippen LogP contribution < -0.4 is 0 Å². The highest BCUT2D eigenvalue weighted by Crippen LogP contribution is 2.42. The molecule has 4 heteroatoms. The topological polar surface area (TPSA) is 23.6 Å². The van der Waals surface area contributed by atoms with Gasteiger partial charge in [-0.15, -0.1) is 11.8 Å². The van der Waals surface area contributed by atoms with Crippen LogP contribution in [0.3, 0.4) is 0 Å². The Morgan fingerprint density at radius 1 is 1.17 bits per heavy atom. The Morgan fingerprint density at radius 2 is 1.96 bits per heavy atom. The molecule has 24 heavy (non-hydrogen) atoms. The molecule has 1 saturated carbocycles. The lowest BCUT2D eigenvalue weighted by Crippen LogP contribution is -2.50. The predicted molar refractivity (Wildman–Crippen MR) is 99.1 cm³/mol. The van der Waals surface area contributed by atoms with E-state index >= 15 is 0 Å². The quantitative estimate of drug-likeness (QED) is 0.762. The normalized spacial score (nSPS) is 28.0. The lowest BCUT2D eigenvalue weighted by molar-refractivity contribution is -0.145. The van der Waals surface area contributed by atoms with Crippen LogP contribution >= 0.6 is 11.8 Å². The molecule has 1 amide bonds. The average Bonchev–Trinajstić information content (AvgIpc) is 3.33. The van der Waals surface area contributed by atoms with Gasteiger partial charge in [0.05, 0.1) is 5.41 Å². The first-order chi connectivity index (χ1) is 11.7. The molecule has 1 atom stereocenters. The smallest absolute Gasteiger partial charge is 0.230 e. The summed E-state index contributed by atoms with van der Waals surface area (Å²) in [6.45, 7) is 5.01. The number of carbonyl (C=O) groups excluding carboxylic acids is 1. The summed E-state index contributed by atoms with van der Waals surface area (Å²) in [5, 5.41) is 0. The van der Waals surface area contributed by atoms with Crippen LogP contribution in [0.4, 0.5) is 0 Å². The fourth-order valence-electron chi connectivity index (χ4n) is 4.40. The van der Waals surface area contributed by atoms with E-state index in [2.05, 4.69) is 40.3 Å². The number of hydrogen-bond acceptors (Lipinski definition) is 3. The molecule has 4 rings (SSSR count). The van der Waals surface area contributed by atoms with Gasteiger partial charge in [0, 0.05) is 31.1 Å². The zero-order valence-electron chi connectivity index (χ0n) is 14.7. The van der Waals surface area contributed by atoms with Gasteiger partial charge in [-0.1, -0.05) is 12.1 Å². The number of amides is 1. The monoisotopic (exact) mass is 344 g/mol. The van der Waals surface area contributed by atoms with E-state index in [0.29, 0.717) is 5.91 Å². The second-order valence-corrected chi connectivity index (χ2v) is 8.77. The second-order valence-electron chi connectivity index (χ2n) is 7.89. The molecule has 2 heterocycles. The number of rotatable bonds is 5. The molecule has 3 fully saturated rings. The summed E-state index contributed by atoms with van der Waals surface area (Å²) in [5.41, 5.74) is 1.29. The van der Waals surface area contributed by atoms with Crippen LogP contribution in [0.5, 0.6) is 0 Å². The molecule has 0 N–H and O–H groups in total. The molecule has 1 aromatic rings. The van der Waals surface area contributed by atoms with E-state index < -0.39 is 0 Å². The fourth-order valence-corrected chi connectivity index (χ4v) is 4.81. The number of likely N-dealkylation sites (tertiary alicyclic amines) is 2. The van der Waals surface area contributed by atoms with Gasteiger partial charge in [-0.3, -0.25) is 9.69 Å². The third-order valence-electron chi connectivity index (χ3n) is 6.00. The van der Waals surface area contributed by atoms with Crippen molar-refractivity contribution in [2.75, 3.05) is 32.4 Å². The molecule has 3 nitrogen and oxygen atoms in total. The SMILES string of the molecule is CSc1ccc(CN2CC[C@]3(CCCN(CC4CC4)C3=O)C2)cc1. The van der Waals surface area contributed by atoms with Crippen LogP contribution in [-0.4, -0.2) is 48.1 Å². The summed E-state index contributed by atoms with van der Waals surface area (Å²) in [7, 11) is 0. The Kier molecular flexibility index (Phi) is 4.61. The van der Waals surface area contributed by atoms with Crippen LogP contribution in [0.2, 0.25) is 0 Å². The molecular formula is C20H28N2OS. The molecule has 0 radical (unpaired) electrons. The van der Waals surface area contributed by atoms with Gasteiger partial charge in [0.25, 0.3) is 0 Å². The lowest BCUT2D eigenvalue weighted by Gasteiger charge is -2.39. The van der Waals surface area contributed by atoms with Crippen LogP contribution in [0.1, 0.15) is 37.7 Å². The molecule has 0 aromatic heterocycles. The Balaban J connectivity index is 1.39. The van der Waals surface area contributed by atoms with Gasteiger partial charge in [0.1, 0.15) is 0 Å². The highest BCUT2D eigenvalue weighted by atomic mass is 32.2. The van der Waals surface area contributed by atoms with E-state index in [1.165, 1.54) is 29.7 Å². The molecular weight excluding hydrogens is 316 g/mol. The number of carbonyl (C=O) groups is 1. The van der Waals surface area contributed by atoms with Crippen molar-refractivity contribution in [3.8, 4) is 0 Å². The minimum absolute atomic E-state index is 0.0770. The van der Waals surface area contributed by atoms with E-state index in [9.17, 15) is 4.79 Å². The van der Waals surface area contributed by atoms with Crippen LogP contribution in [-0.2, 0) is 11.3 Å². The van der Waals surface area contributed by atoms with Gasteiger partial charge in [-0.25, -0.2) is 0 Å². The number of hydrogen-bond donors (Lipinski definition) is 0. The standard InChI is InChI=1S/C20H28N2OS/c1-24-18-7-5-16(6-8-18)13-21-12-10-20(15-21)9-2-11-22(19(20)23)14-17-3-4-17/h5-8,17H,2-4,9-15H2,1H3/t20-/m1/s1. The minimum atomic E-state index is -0.0770. The summed E-state index contributed by atoms with van der Waals surface area (Å²) in [4.78, 5) is 19.1. The van der Waals surface area contributed by atoms with Crippen LogP contribution in [0.15, 0.2) is 29.2 Å². The largest absolute Gasteiger partial charge is 0.342 e. The van der Waals surface area contributed by atoms with Crippen molar-refractivity contribution in [1.29, 1.82) is 0 Å². The number of nitrogens with zero attached hydrogens (tertiary/aromatic N) is 2. The van der Waals surface area contributed by atoms with E-state index in [1.54, 1.807) is 11.8 Å². The number of benzene rings is 1. The number of piperidine rings is 1. The zero-order valence-corrected chi connectivity index (χ0v) is 15.5. The molecule has 1 aliphatic carbocycles. The van der Waals surface area contributed by atoms with Crippen molar-refractivity contribution >= 4 is 17.7 Å². The molecule has 0 unspecified atom stereocenters. The first-order valence-corrected chi connectivity index (χ1v) is 10.6. The summed E-state index contributed by atoms with van der Waals surface area (Å²) < 4.78 is 0. The van der Waals surface area contributed by atoms with Crippen LogP contribution in [0.25, 0.3) is 0 Å². The van der Waals surface area contributed by atoms with Crippen molar-refractivity contribution in [3.63, 3.8) is 0 Å². The zero-order chi connectivity index (χ0) is 16.6. The minimum Gasteiger partial charge on any atom is -0.342 e. The van der Waals surface area contributed by atoms with Gasteiger partial charge in [-0.2, -0.15) is 0 Å². The first-order valence-electron chi connectivity index (χ1n) is 9.33. The lowest BCUT2D eigenvalue weighted by atomic mass is 9.78. The van der Waals surface area contributed by atoms with Crippen molar-refractivity contribution < 1.29 is 4.79 Å². The molecule has 2 saturated heterocycles. The average molecular weight is 345 g/mol. The van der Waals surface area contributed by atoms with Gasteiger partial charge in [0.2, 0.25) is 5.91 Å². The predicted octanol–water partition coefficient (Wildman–Crippen LogP) is 3.63. The molecule has 1 spiro atoms. The summed E-state index contributed by atoms with van der Waals surface area (Å²) in [6.07, 6.45) is 8.10. The summed E-state index contributed by atoms with van der Waals surface area (Å²) in [5.74, 6) is 1.26. The Hall–Kier alpha value is -1.00. The second kappa shape index (κ2) is 6.72. The summed E-state index contributed by atoms with van der Waals surface area (Å²) >= 11 is 1.78. The van der Waals surface area contributed by atoms with E-state index in [0.717, 1.165) is 51.5 Å². The number of thioether (sulfide) groups is 1. The highest BCUT2D eigenvalue weighted by molar-refractivity contribution is 7.98. The van der Waals surface area contributed by atoms with Crippen molar-refractivity contribution in [2.24, 2.45) is 11.3 Å². The van der Waals surface area contributed by atoms with E-state index in [-0.39, 0.29) is 5.41 Å². The van der Waals surface area contributed by atoms with Gasteiger partial charge < -0.3 is 4.90 Å². The van der Waals surface area contributed by atoms with E-state index in [4.69, 9.17) is 0 Å². The molecule has 3 aliphatic rings. The highest BCUT2D eigenvalue weighted by Gasteiger charge is 2.48. The molecule has 0 bridgehead atoms. The maximum Gasteiger partial charge on any atom is 0.230 e. The van der Waals surface area contributed by atoms with E-state index in [1.807, 2.05) is 0 Å². The van der Waals surface area contributed by atoms with Crippen molar-refractivity contribution in [3.05, 3.63) is 29.8 Å². The maximum absolute atomic E-state index is 13.1. The molecule has 1 aromatic carbocycles. The third-order valence-corrected chi connectivity index (χ3v) is 6.74. The van der Waals surface area contributed by atoms with Crippen molar-refractivity contribution in [1.82, 2.24) is 9.80 Å². The van der Waals surface area contributed by atoms with Gasteiger partial charge in [0.15, 0.2) is 0 Å². The Morgan fingerprint density at radius 3 is 2.67 bits per heavy atom. The van der Waals surface area contributed by atoms with Gasteiger partial charge >= 0.3 is 0 Å². The fraction of sp³-hybridized carbons (Fsp3) is 0.650. The third kappa shape index (κ3) is 3.36. The maximum atomic E-state index is 13.1. The Bertz CT molecular complexity index is 598. The summed E-state index contributed by atoms with van der Waals surface area (Å²) in [6, 6.07) is 8.88. The van der Waals surface area contributed by atoms with Gasteiger partial charge in [-0.05, 0) is 68.5 Å². The first kappa shape index (κ1) is 16.5. The van der Waals surface area contributed by atoms with Crippen molar-refractivity contribution in [2.45, 2.75) is 43.5 Å². The molecule has 130 valence electrons. The Labute approximate surface area is 149 Å². The van der Waals surface area contributed by atoms with Crippen LogP contribution in [0, 0.1) is 11.3 Å².